The lowest BCUT2D eigenvalue weighted by Crippen LogP contribution is -2.16. The molecule has 0 radical (unpaired) electrons. The van der Waals surface area contributed by atoms with Gasteiger partial charge in [0.05, 0.1) is 30.2 Å². The third-order valence-corrected chi connectivity index (χ3v) is 6.56. The van der Waals surface area contributed by atoms with Gasteiger partial charge in [0, 0.05) is 12.6 Å². The van der Waals surface area contributed by atoms with Crippen LogP contribution >= 0.6 is 0 Å². The van der Waals surface area contributed by atoms with Crippen LogP contribution in [0.1, 0.15) is 18.3 Å². The molecule has 1 amide bonds. The Labute approximate surface area is 162 Å². The highest BCUT2D eigenvalue weighted by atomic mass is 32.2. The van der Waals surface area contributed by atoms with Gasteiger partial charge in [-0.3, -0.25) is 4.79 Å². The lowest BCUT2D eigenvalue weighted by atomic mass is 10.2. The number of aromatic nitrogens is 5. The van der Waals surface area contributed by atoms with Gasteiger partial charge in [-0.05, 0) is 6.42 Å². The fourth-order valence-electron chi connectivity index (χ4n) is 3.47. The summed E-state index contributed by atoms with van der Waals surface area (Å²) in [4.78, 5) is 20.3. The van der Waals surface area contributed by atoms with Gasteiger partial charge in [0.1, 0.15) is 11.5 Å². The number of nitrogens with two attached hydrogens (primary N) is 1. The van der Waals surface area contributed by atoms with Crippen molar-refractivity contribution in [1.29, 1.82) is 0 Å². The minimum Gasteiger partial charge on any atom is -0.369 e. The Balaban J connectivity index is 1.80. The topological polar surface area (TPSA) is 126 Å². The minimum absolute atomic E-state index is 0.00274. The van der Waals surface area contributed by atoms with Crippen molar-refractivity contribution in [2.24, 2.45) is 12.8 Å². The van der Waals surface area contributed by atoms with E-state index in [2.05, 4.69) is 15.1 Å². The largest absolute Gasteiger partial charge is 0.369 e. The number of benzene rings is 1. The summed E-state index contributed by atoms with van der Waals surface area (Å²) in [6.45, 7) is 0. The van der Waals surface area contributed by atoms with Crippen LogP contribution in [0.5, 0.6) is 0 Å². The van der Waals surface area contributed by atoms with E-state index in [1.807, 2.05) is 41.9 Å². The third-order valence-electron chi connectivity index (χ3n) is 4.81. The second-order valence-electron chi connectivity index (χ2n) is 6.89. The van der Waals surface area contributed by atoms with E-state index >= 15 is 0 Å². The average molecular weight is 400 g/mol. The fourth-order valence-corrected chi connectivity index (χ4v) is 5.16. The number of imidazole rings is 1. The molecule has 146 valence electrons. The SMILES string of the molecule is Cn1c(-c2nc(CC(N)=O)nn2C2CCS(=O)(=O)C2)cnc1-c1ccccc1. The zero-order valence-electron chi connectivity index (χ0n) is 15.3. The standard InChI is InChI=1S/C18H20N6O3S/c1-23-14(10-20-17(23)12-5-3-2-4-6-12)18-21-16(9-15(19)25)22-24(18)13-7-8-28(26,27)11-13/h2-6,10,13H,7-9,11H2,1H3,(H2,19,25). The first-order valence-corrected chi connectivity index (χ1v) is 10.7. The number of sulfone groups is 1. The number of carbonyl (C=O) groups excluding carboxylic acids is 1. The molecule has 1 aliphatic rings. The first kappa shape index (κ1) is 18.4. The van der Waals surface area contributed by atoms with Crippen molar-refractivity contribution >= 4 is 15.7 Å². The highest BCUT2D eigenvalue weighted by Crippen LogP contribution is 2.30. The molecule has 1 fully saturated rings. The minimum atomic E-state index is -3.11. The van der Waals surface area contributed by atoms with Gasteiger partial charge in [0.2, 0.25) is 5.91 Å². The predicted octanol–water partition coefficient (Wildman–Crippen LogP) is 0.733. The van der Waals surface area contributed by atoms with E-state index in [4.69, 9.17) is 5.73 Å². The Hall–Kier alpha value is -3.01. The molecule has 9 nitrogen and oxygen atoms in total. The lowest BCUT2D eigenvalue weighted by molar-refractivity contribution is -0.117. The molecule has 0 bridgehead atoms. The number of amides is 1. The molecule has 2 aromatic heterocycles. The molecule has 10 heteroatoms. The fraction of sp³-hybridized carbons (Fsp3) is 0.333. The van der Waals surface area contributed by atoms with Crippen LogP contribution in [0.2, 0.25) is 0 Å². The molecule has 3 heterocycles. The maximum absolute atomic E-state index is 11.9. The summed E-state index contributed by atoms with van der Waals surface area (Å²) in [6, 6.07) is 9.38. The Morgan fingerprint density at radius 3 is 2.64 bits per heavy atom. The Morgan fingerprint density at radius 2 is 2.00 bits per heavy atom. The van der Waals surface area contributed by atoms with Gasteiger partial charge in [0.25, 0.3) is 0 Å². The maximum Gasteiger partial charge on any atom is 0.225 e. The van der Waals surface area contributed by atoms with E-state index in [9.17, 15) is 13.2 Å². The van der Waals surface area contributed by atoms with Gasteiger partial charge in [-0.2, -0.15) is 5.10 Å². The monoisotopic (exact) mass is 400 g/mol. The van der Waals surface area contributed by atoms with Gasteiger partial charge < -0.3 is 10.3 Å². The molecule has 0 aliphatic carbocycles. The van der Waals surface area contributed by atoms with Gasteiger partial charge in [-0.15, -0.1) is 0 Å². The normalized spacial score (nSPS) is 18.4. The smallest absolute Gasteiger partial charge is 0.225 e. The Morgan fingerprint density at radius 1 is 1.25 bits per heavy atom. The second-order valence-corrected chi connectivity index (χ2v) is 9.12. The van der Waals surface area contributed by atoms with Gasteiger partial charge in [-0.1, -0.05) is 30.3 Å². The van der Waals surface area contributed by atoms with Crippen LogP contribution in [0.25, 0.3) is 22.9 Å². The zero-order chi connectivity index (χ0) is 19.9. The maximum atomic E-state index is 11.9. The van der Waals surface area contributed by atoms with Crippen LogP contribution < -0.4 is 5.73 Å². The van der Waals surface area contributed by atoms with Crippen molar-refractivity contribution in [3.05, 3.63) is 42.4 Å². The van der Waals surface area contributed by atoms with E-state index in [1.165, 1.54) is 0 Å². The highest BCUT2D eigenvalue weighted by Gasteiger charge is 2.33. The molecule has 3 aromatic rings. The van der Waals surface area contributed by atoms with E-state index in [0.717, 1.165) is 11.4 Å². The number of hydrogen-bond donors (Lipinski definition) is 1. The van der Waals surface area contributed by atoms with Crippen molar-refractivity contribution in [3.63, 3.8) is 0 Å². The summed E-state index contributed by atoms with van der Waals surface area (Å²) < 4.78 is 27.4. The molecule has 0 spiro atoms. The summed E-state index contributed by atoms with van der Waals surface area (Å²) in [5, 5.41) is 4.40. The molecule has 1 aliphatic heterocycles. The molecule has 1 unspecified atom stereocenters. The zero-order valence-corrected chi connectivity index (χ0v) is 16.1. The summed E-state index contributed by atoms with van der Waals surface area (Å²) in [6.07, 6.45) is 2.03. The molecule has 1 atom stereocenters. The summed E-state index contributed by atoms with van der Waals surface area (Å²) in [7, 11) is -1.24. The van der Waals surface area contributed by atoms with Crippen LogP contribution in [0, 0.1) is 0 Å². The second kappa shape index (κ2) is 6.86. The van der Waals surface area contributed by atoms with Crippen LogP contribution in [-0.4, -0.2) is 50.1 Å². The van der Waals surface area contributed by atoms with E-state index in [-0.39, 0.29) is 29.8 Å². The van der Waals surface area contributed by atoms with Crippen molar-refractivity contribution in [2.75, 3.05) is 11.5 Å². The molecule has 2 N–H and O–H groups in total. The van der Waals surface area contributed by atoms with Crippen LogP contribution in [0.15, 0.2) is 36.5 Å². The summed E-state index contributed by atoms with van der Waals surface area (Å²) in [5.41, 5.74) is 6.92. The third kappa shape index (κ3) is 3.42. The van der Waals surface area contributed by atoms with Crippen molar-refractivity contribution in [2.45, 2.75) is 18.9 Å². The van der Waals surface area contributed by atoms with Crippen molar-refractivity contribution in [3.8, 4) is 22.9 Å². The number of nitrogens with zero attached hydrogens (tertiary/aromatic N) is 5. The lowest BCUT2D eigenvalue weighted by Gasteiger charge is -2.12. The number of hydrogen-bond acceptors (Lipinski definition) is 6. The summed E-state index contributed by atoms with van der Waals surface area (Å²) in [5.74, 6) is 1.08. The molecule has 28 heavy (non-hydrogen) atoms. The number of carbonyl (C=O) groups is 1. The Bertz CT molecular complexity index is 1130. The molecular formula is C18H20N6O3S. The molecular weight excluding hydrogens is 380 g/mol. The molecule has 1 aromatic carbocycles. The van der Waals surface area contributed by atoms with Gasteiger partial charge in [0.15, 0.2) is 21.5 Å². The van der Waals surface area contributed by atoms with E-state index in [0.29, 0.717) is 17.9 Å². The molecule has 1 saturated heterocycles. The average Bonchev–Trinajstić information content (AvgIpc) is 3.32. The molecule has 0 saturated carbocycles. The highest BCUT2D eigenvalue weighted by molar-refractivity contribution is 7.91. The van der Waals surface area contributed by atoms with Crippen LogP contribution in [-0.2, 0) is 28.1 Å². The molecule has 4 rings (SSSR count). The number of primary amides is 1. The predicted molar refractivity (Wildman–Crippen MR) is 103 cm³/mol. The quantitative estimate of drug-likeness (QED) is 0.673. The first-order valence-electron chi connectivity index (χ1n) is 8.86. The first-order chi connectivity index (χ1) is 13.3. The van der Waals surface area contributed by atoms with Crippen molar-refractivity contribution in [1.82, 2.24) is 24.3 Å². The summed E-state index contributed by atoms with van der Waals surface area (Å²) >= 11 is 0. The van der Waals surface area contributed by atoms with Gasteiger partial charge >= 0.3 is 0 Å². The van der Waals surface area contributed by atoms with Crippen LogP contribution in [0.3, 0.4) is 0 Å². The van der Waals surface area contributed by atoms with E-state index < -0.39 is 15.7 Å². The number of rotatable bonds is 5. The van der Waals surface area contributed by atoms with Crippen molar-refractivity contribution < 1.29 is 13.2 Å². The van der Waals surface area contributed by atoms with E-state index in [1.54, 1.807) is 10.9 Å². The van der Waals surface area contributed by atoms with Crippen LogP contribution in [0.4, 0.5) is 0 Å². The Kier molecular flexibility index (Phi) is 4.50. The van der Waals surface area contributed by atoms with Gasteiger partial charge in [-0.25, -0.2) is 23.1 Å².